The number of aliphatic hydroxyl groups is 1. The number of nitrogens with zero attached hydrogens (tertiary/aromatic N) is 5. The highest BCUT2D eigenvalue weighted by atomic mass is 16.3. The van der Waals surface area contributed by atoms with E-state index in [-0.39, 0.29) is 18.4 Å². The van der Waals surface area contributed by atoms with E-state index in [4.69, 9.17) is 0 Å². The molecule has 3 atom stereocenters. The van der Waals surface area contributed by atoms with Crippen molar-refractivity contribution in [3.63, 3.8) is 0 Å². The number of aromatic nitrogens is 2. The smallest absolute Gasteiger partial charge is 0.222 e. The number of nitriles is 1. The minimum atomic E-state index is -0.681. The molecule has 29 heavy (non-hydrogen) atoms. The van der Waals surface area contributed by atoms with Crippen molar-refractivity contribution in [3.8, 4) is 6.07 Å². The lowest BCUT2D eigenvalue weighted by Gasteiger charge is -2.38. The molecule has 1 aliphatic heterocycles. The number of likely N-dealkylation sites (N-methyl/N-ethyl adjacent to an activating group) is 1. The molecule has 0 bridgehead atoms. The lowest BCUT2D eigenvalue weighted by molar-refractivity contribution is -0.124. The van der Waals surface area contributed by atoms with Crippen molar-refractivity contribution in [2.24, 2.45) is 5.92 Å². The number of aliphatic hydroxyl groups excluding tert-OH is 1. The Morgan fingerprint density at radius 2 is 2.07 bits per heavy atom. The van der Waals surface area contributed by atoms with E-state index in [1.54, 1.807) is 18.5 Å². The Bertz CT molecular complexity index is 910. The van der Waals surface area contributed by atoms with Crippen molar-refractivity contribution < 1.29 is 9.90 Å². The number of piperidine rings is 1. The van der Waals surface area contributed by atoms with Crippen molar-refractivity contribution in [3.05, 3.63) is 30.1 Å². The molecular formula is C21H28N6O2. The van der Waals surface area contributed by atoms with Crippen LogP contribution in [0.25, 0.3) is 11.0 Å². The van der Waals surface area contributed by atoms with Gasteiger partial charge in [0.25, 0.3) is 0 Å². The summed E-state index contributed by atoms with van der Waals surface area (Å²) in [5.74, 6) is 0.242. The summed E-state index contributed by atoms with van der Waals surface area (Å²) in [5.41, 5.74) is 2.72. The summed E-state index contributed by atoms with van der Waals surface area (Å²) in [6.07, 6.45) is 3.51. The zero-order chi connectivity index (χ0) is 21.0. The number of carbonyl (C=O) groups is 1. The highest BCUT2D eigenvalue weighted by molar-refractivity contribution is 5.92. The molecule has 8 nitrogen and oxygen atoms in total. The standard InChI is InChI=1S/C21H28N6O2/c1-14-8-16(25-19(29)9-17(28)13-26(2)3)12-27(11-14)18-5-4-15(10-22)20-21(18)24-7-6-23-20/h4-7,14,16-17,28H,8-9,11-13H2,1-3H3,(H,25,29)/t14-,16+,17?/m0/s1. The van der Waals surface area contributed by atoms with Gasteiger partial charge in [-0.2, -0.15) is 5.26 Å². The van der Waals surface area contributed by atoms with Crippen LogP contribution in [-0.2, 0) is 4.79 Å². The fourth-order valence-corrected chi connectivity index (χ4v) is 4.03. The quantitative estimate of drug-likeness (QED) is 0.754. The zero-order valence-corrected chi connectivity index (χ0v) is 17.2. The average Bonchev–Trinajstić information content (AvgIpc) is 2.65. The van der Waals surface area contributed by atoms with E-state index in [0.29, 0.717) is 35.6 Å². The third-order valence-corrected chi connectivity index (χ3v) is 5.09. The molecule has 1 saturated heterocycles. The maximum absolute atomic E-state index is 12.4. The van der Waals surface area contributed by atoms with E-state index >= 15 is 0 Å². The average molecular weight is 396 g/mol. The van der Waals surface area contributed by atoms with Gasteiger partial charge in [-0.25, -0.2) is 0 Å². The van der Waals surface area contributed by atoms with Crippen LogP contribution in [-0.4, -0.2) is 71.8 Å². The van der Waals surface area contributed by atoms with Gasteiger partial charge in [0.1, 0.15) is 17.1 Å². The number of carbonyl (C=O) groups excluding carboxylic acids is 1. The summed E-state index contributed by atoms with van der Waals surface area (Å²) in [4.78, 5) is 25.2. The molecule has 3 rings (SSSR count). The fraction of sp³-hybridized carbons (Fsp3) is 0.524. The molecule has 2 N–H and O–H groups in total. The molecule has 1 amide bonds. The highest BCUT2D eigenvalue weighted by Crippen LogP contribution is 2.30. The molecule has 1 aromatic carbocycles. The Hall–Kier alpha value is -2.76. The van der Waals surface area contributed by atoms with Gasteiger partial charge in [-0.15, -0.1) is 0 Å². The van der Waals surface area contributed by atoms with Crippen molar-refractivity contribution in [1.29, 1.82) is 5.26 Å². The van der Waals surface area contributed by atoms with Crippen LogP contribution in [0.3, 0.4) is 0 Å². The molecule has 1 aromatic heterocycles. The van der Waals surface area contributed by atoms with Gasteiger partial charge in [0, 0.05) is 38.1 Å². The Kier molecular flexibility index (Phi) is 6.62. The summed E-state index contributed by atoms with van der Waals surface area (Å²) in [6.45, 7) is 4.10. The number of amides is 1. The molecule has 1 fully saturated rings. The second kappa shape index (κ2) is 9.16. The fourth-order valence-electron chi connectivity index (χ4n) is 4.03. The lowest BCUT2D eigenvalue weighted by atomic mass is 9.94. The number of benzene rings is 1. The van der Waals surface area contributed by atoms with Crippen molar-refractivity contribution in [2.45, 2.75) is 31.9 Å². The molecule has 0 saturated carbocycles. The SMILES string of the molecule is C[C@H]1C[C@@H](NC(=O)CC(O)CN(C)C)CN(c2ccc(C#N)c3nccnc23)C1. The summed E-state index contributed by atoms with van der Waals surface area (Å²) >= 11 is 0. The van der Waals surface area contributed by atoms with Crippen LogP contribution in [0.5, 0.6) is 0 Å². The number of nitrogens with one attached hydrogen (secondary N) is 1. The predicted molar refractivity (Wildman–Crippen MR) is 111 cm³/mol. The van der Waals surface area contributed by atoms with E-state index in [1.165, 1.54) is 0 Å². The van der Waals surface area contributed by atoms with Crippen molar-refractivity contribution >= 4 is 22.6 Å². The first-order chi connectivity index (χ1) is 13.9. The summed E-state index contributed by atoms with van der Waals surface area (Å²) < 4.78 is 0. The number of anilines is 1. The molecule has 0 aliphatic carbocycles. The van der Waals surface area contributed by atoms with Gasteiger partial charge >= 0.3 is 0 Å². The summed E-state index contributed by atoms with van der Waals surface area (Å²) in [7, 11) is 3.74. The Balaban J connectivity index is 1.75. The summed E-state index contributed by atoms with van der Waals surface area (Å²) in [5, 5.41) is 22.4. The third-order valence-electron chi connectivity index (χ3n) is 5.09. The van der Waals surface area contributed by atoms with Gasteiger partial charge in [0.05, 0.1) is 23.8 Å². The van der Waals surface area contributed by atoms with Crippen LogP contribution in [0, 0.1) is 17.2 Å². The Labute approximate surface area is 171 Å². The molecule has 2 aromatic rings. The van der Waals surface area contributed by atoms with Crippen molar-refractivity contribution in [1.82, 2.24) is 20.2 Å². The molecule has 0 spiro atoms. The van der Waals surface area contributed by atoms with E-state index < -0.39 is 6.10 Å². The minimum absolute atomic E-state index is 0.0137. The topological polar surface area (TPSA) is 105 Å². The second-order valence-corrected chi connectivity index (χ2v) is 8.13. The highest BCUT2D eigenvalue weighted by Gasteiger charge is 2.28. The van der Waals surface area contributed by atoms with Gasteiger partial charge < -0.3 is 20.2 Å². The van der Waals surface area contributed by atoms with Gasteiger partial charge in [0.2, 0.25) is 5.91 Å². The molecule has 154 valence electrons. The Morgan fingerprint density at radius 1 is 1.34 bits per heavy atom. The Morgan fingerprint density at radius 3 is 2.76 bits per heavy atom. The monoisotopic (exact) mass is 396 g/mol. The first-order valence-corrected chi connectivity index (χ1v) is 9.88. The van der Waals surface area contributed by atoms with Crippen LogP contribution in [0.1, 0.15) is 25.3 Å². The van der Waals surface area contributed by atoms with Crippen LogP contribution in [0.15, 0.2) is 24.5 Å². The summed E-state index contributed by atoms with van der Waals surface area (Å²) in [6, 6.07) is 5.84. The number of hydrogen-bond acceptors (Lipinski definition) is 7. The van der Waals surface area contributed by atoms with Crippen LogP contribution in [0.2, 0.25) is 0 Å². The van der Waals surface area contributed by atoms with Gasteiger partial charge in [-0.1, -0.05) is 6.92 Å². The van der Waals surface area contributed by atoms with Gasteiger partial charge in [0.15, 0.2) is 0 Å². The molecule has 2 heterocycles. The van der Waals surface area contributed by atoms with E-state index in [9.17, 15) is 15.2 Å². The van der Waals surface area contributed by atoms with E-state index in [2.05, 4.69) is 33.2 Å². The van der Waals surface area contributed by atoms with Crippen LogP contribution < -0.4 is 10.2 Å². The molecule has 1 aliphatic rings. The van der Waals surface area contributed by atoms with E-state index in [0.717, 1.165) is 18.7 Å². The third kappa shape index (κ3) is 5.19. The zero-order valence-electron chi connectivity index (χ0n) is 17.2. The van der Waals surface area contributed by atoms with Crippen LogP contribution >= 0.6 is 0 Å². The number of fused-ring (bicyclic) bond motifs is 1. The maximum atomic E-state index is 12.4. The number of hydrogen-bond donors (Lipinski definition) is 2. The molecular weight excluding hydrogens is 368 g/mol. The molecule has 0 radical (unpaired) electrons. The molecule has 1 unspecified atom stereocenters. The second-order valence-electron chi connectivity index (χ2n) is 8.13. The minimum Gasteiger partial charge on any atom is -0.391 e. The maximum Gasteiger partial charge on any atom is 0.222 e. The predicted octanol–water partition coefficient (Wildman–Crippen LogP) is 1.15. The number of rotatable bonds is 6. The van der Waals surface area contributed by atoms with E-state index in [1.807, 2.05) is 25.1 Å². The first-order valence-electron chi connectivity index (χ1n) is 9.88. The lowest BCUT2D eigenvalue weighted by Crippen LogP contribution is -2.51. The van der Waals surface area contributed by atoms with Crippen molar-refractivity contribution in [2.75, 3.05) is 38.6 Å². The van der Waals surface area contributed by atoms with Gasteiger partial charge in [-0.05, 0) is 38.6 Å². The molecule has 8 heteroatoms. The van der Waals surface area contributed by atoms with Crippen LogP contribution in [0.4, 0.5) is 5.69 Å². The van der Waals surface area contributed by atoms with Gasteiger partial charge in [-0.3, -0.25) is 14.8 Å². The normalized spacial score (nSPS) is 20.5. The first kappa shape index (κ1) is 21.0. The largest absolute Gasteiger partial charge is 0.391 e.